The summed E-state index contributed by atoms with van der Waals surface area (Å²) in [5.41, 5.74) is 5.80. The SMILES string of the molecule is CCC(N)CC(=O)OC1CC(C)CCC1C(C)C. The van der Waals surface area contributed by atoms with Crippen molar-refractivity contribution >= 4 is 5.97 Å². The predicted molar refractivity (Wildman–Crippen MR) is 74.1 cm³/mol. The average molecular weight is 255 g/mol. The summed E-state index contributed by atoms with van der Waals surface area (Å²) < 4.78 is 5.69. The van der Waals surface area contributed by atoms with Gasteiger partial charge in [0.05, 0.1) is 6.42 Å². The van der Waals surface area contributed by atoms with Gasteiger partial charge in [-0.2, -0.15) is 0 Å². The topological polar surface area (TPSA) is 52.3 Å². The van der Waals surface area contributed by atoms with Crippen LogP contribution < -0.4 is 5.73 Å². The fraction of sp³-hybridized carbons (Fsp3) is 0.933. The molecule has 0 aromatic carbocycles. The highest BCUT2D eigenvalue weighted by Crippen LogP contribution is 2.35. The number of rotatable bonds is 5. The molecule has 1 saturated carbocycles. The summed E-state index contributed by atoms with van der Waals surface area (Å²) in [6, 6.07) is -0.0592. The maximum Gasteiger partial charge on any atom is 0.307 e. The molecule has 4 atom stereocenters. The summed E-state index contributed by atoms with van der Waals surface area (Å²) in [6.07, 6.45) is 4.72. The van der Waals surface area contributed by atoms with E-state index in [1.807, 2.05) is 6.92 Å². The molecule has 0 spiro atoms. The lowest BCUT2D eigenvalue weighted by molar-refractivity contribution is -0.156. The standard InChI is InChI=1S/C15H29NO2/c1-5-12(16)9-15(17)18-14-8-11(4)6-7-13(14)10(2)3/h10-14H,5-9,16H2,1-4H3. The third-order valence-electron chi connectivity index (χ3n) is 4.20. The molecule has 0 aromatic rings. The van der Waals surface area contributed by atoms with Crippen molar-refractivity contribution in [1.29, 1.82) is 0 Å². The van der Waals surface area contributed by atoms with Crippen LogP contribution in [0.5, 0.6) is 0 Å². The molecule has 106 valence electrons. The first-order valence-electron chi connectivity index (χ1n) is 7.39. The Morgan fingerprint density at radius 1 is 1.39 bits per heavy atom. The molecule has 1 rings (SSSR count). The molecule has 0 aromatic heterocycles. The van der Waals surface area contributed by atoms with Gasteiger partial charge in [-0.3, -0.25) is 4.79 Å². The van der Waals surface area contributed by atoms with Crippen LogP contribution in [0.1, 0.15) is 59.8 Å². The van der Waals surface area contributed by atoms with E-state index in [0.717, 1.165) is 12.8 Å². The summed E-state index contributed by atoms with van der Waals surface area (Å²) >= 11 is 0. The van der Waals surface area contributed by atoms with E-state index >= 15 is 0 Å². The van der Waals surface area contributed by atoms with Gasteiger partial charge in [0.15, 0.2) is 0 Å². The largest absolute Gasteiger partial charge is 0.462 e. The quantitative estimate of drug-likeness (QED) is 0.768. The second kappa shape index (κ2) is 7.13. The maximum absolute atomic E-state index is 11.9. The molecule has 3 heteroatoms. The molecule has 0 heterocycles. The Hall–Kier alpha value is -0.570. The van der Waals surface area contributed by atoms with Crippen molar-refractivity contribution < 1.29 is 9.53 Å². The summed E-state index contributed by atoms with van der Waals surface area (Å²) in [5, 5.41) is 0. The predicted octanol–water partition coefficient (Wildman–Crippen LogP) is 3.12. The third kappa shape index (κ3) is 4.60. The molecule has 18 heavy (non-hydrogen) atoms. The summed E-state index contributed by atoms with van der Waals surface area (Å²) in [4.78, 5) is 11.9. The van der Waals surface area contributed by atoms with Gasteiger partial charge in [0.1, 0.15) is 6.10 Å². The number of carbonyl (C=O) groups is 1. The zero-order valence-electron chi connectivity index (χ0n) is 12.3. The first-order chi connectivity index (χ1) is 8.43. The van der Waals surface area contributed by atoms with Gasteiger partial charge in [-0.25, -0.2) is 0 Å². The lowest BCUT2D eigenvalue weighted by atomic mass is 9.75. The molecule has 4 unspecified atom stereocenters. The highest BCUT2D eigenvalue weighted by atomic mass is 16.5. The molecule has 1 fully saturated rings. The van der Waals surface area contributed by atoms with Crippen molar-refractivity contribution in [2.45, 2.75) is 71.9 Å². The van der Waals surface area contributed by atoms with Gasteiger partial charge in [0.2, 0.25) is 0 Å². The van der Waals surface area contributed by atoms with Gasteiger partial charge in [0.25, 0.3) is 0 Å². The summed E-state index contributed by atoms with van der Waals surface area (Å²) in [6.45, 7) is 8.69. The molecule has 0 saturated heterocycles. The number of carbonyl (C=O) groups excluding carboxylic acids is 1. The first kappa shape index (κ1) is 15.5. The van der Waals surface area contributed by atoms with Crippen molar-refractivity contribution in [3.8, 4) is 0 Å². The van der Waals surface area contributed by atoms with Gasteiger partial charge in [0, 0.05) is 6.04 Å². The Morgan fingerprint density at radius 2 is 2.06 bits per heavy atom. The molecule has 1 aliphatic rings. The van der Waals surface area contributed by atoms with Crippen LogP contribution in [0.4, 0.5) is 0 Å². The molecule has 1 aliphatic carbocycles. The van der Waals surface area contributed by atoms with Crippen LogP contribution in [-0.4, -0.2) is 18.1 Å². The first-order valence-corrected chi connectivity index (χ1v) is 7.39. The van der Waals surface area contributed by atoms with Crippen molar-refractivity contribution in [3.63, 3.8) is 0 Å². The average Bonchev–Trinajstić information content (AvgIpc) is 2.28. The van der Waals surface area contributed by atoms with Crippen LogP contribution in [0, 0.1) is 17.8 Å². The lowest BCUT2D eigenvalue weighted by Gasteiger charge is -2.36. The Labute approximate surface area is 111 Å². The van der Waals surface area contributed by atoms with Crippen LogP contribution in [0.3, 0.4) is 0 Å². The van der Waals surface area contributed by atoms with Gasteiger partial charge < -0.3 is 10.5 Å². The fourth-order valence-electron chi connectivity index (χ4n) is 2.83. The van der Waals surface area contributed by atoms with Gasteiger partial charge in [-0.05, 0) is 37.0 Å². The Kier molecular flexibility index (Phi) is 6.13. The van der Waals surface area contributed by atoms with E-state index in [9.17, 15) is 4.79 Å². The molecule has 0 aliphatic heterocycles. The monoisotopic (exact) mass is 255 g/mol. The second-order valence-electron chi connectivity index (χ2n) is 6.23. The van der Waals surface area contributed by atoms with Crippen LogP contribution in [0.25, 0.3) is 0 Å². The van der Waals surface area contributed by atoms with Crippen molar-refractivity contribution in [2.24, 2.45) is 23.5 Å². The Morgan fingerprint density at radius 3 is 2.61 bits per heavy atom. The number of hydrogen-bond acceptors (Lipinski definition) is 3. The number of hydrogen-bond donors (Lipinski definition) is 1. The smallest absolute Gasteiger partial charge is 0.307 e. The van der Waals surface area contributed by atoms with Gasteiger partial charge >= 0.3 is 5.97 Å². The fourth-order valence-corrected chi connectivity index (χ4v) is 2.83. The number of nitrogens with two attached hydrogens (primary N) is 1. The van der Waals surface area contributed by atoms with Crippen LogP contribution in [-0.2, 0) is 9.53 Å². The van der Waals surface area contributed by atoms with Crippen molar-refractivity contribution in [1.82, 2.24) is 0 Å². The normalized spacial score (nSPS) is 30.2. The van der Waals surface area contributed by atoms with E-state index in [1.165, 1.54) is 12.8 Å². The van der Waals surface area contributed by atoms with E-state index < -0.39 is 0 Å². The molecule has 0 radical (unpaired) electrons. The van der Waals surface area contributed by atoms with E-state index in [0.29, 0.717) is 24.2 Å². The molecular weight excluding hydrogens is 226 g/mol. The second-order valence-corrected chi connectivity index (χ2v) is 6.23. The molecule has 0 amide bonds. The van der Waals surface area contributed by atoms with Crippen molar-refractivity contribution in [3.05, 3.63) is 0 Å². The Balaban J connectivity index is 2.52. The molecular formula is C15H29NO2. The van der Waals surface area contributed by atoms with E-state index in [1.54, 1.807) is 0 Å². The van der Waals surface area contributed by atoms with E-state index in [-0.39, 0.29) is 18.1 Å². The number of ether oxygens (including phenoxy) is 1. The van der Waals surface area contributed by atoms with Crippen LogP contribution >= 0.6 is 0 Å². The Bertz CT molecular complexity index is 265. The highest BCUT2D eigenvalue weighted by Gasteiger charge is 2.33. The minimum atomic E-state index is -0.117. The van der Waals surface area contributed by atoms with Crippen LogP contribution in [0.15, 0.2) is 0 Å². The maximum atomic E-state index is 11.9. The molecule has 2 N–H and O–H groups in total. The van der Waals surface area contributed by atoms with E-state index in [2.05, 4.69) is 20.8 Å². The van der Waals surface area contributed by atoms with Crippen molar-refractivity contribution in [2.75, 3.05) is 0 Å². The van der Waals surface area contributed by atoms with Gasteiger partial charge in [-0.15, -0.1) is 0 Å². The summed E-state index contributed by atoms with van der Waals surface area (Å²) in [7, 11) is 0. The van der Waals surface area contributed by atoms with Gasteiger partial charge in [-0.1, -0.05) is 34.1 Å². The third-order valence-corrected chi connectivity index (χ3v) is 4.20. The van der Waals surface area contributed by atoms with Crippen LogP contribution in [0.2, 0.25) is 0 Å². The molecule has 3 nitrogen and oxygen atoms in total. The minimum absolute atomic E-state index is 0.0592. The summed E-state index contributed by atoms with van der Waals surface area (Å²) in [5.74, 6) is 1.64. The highest BCUT2D eigenvalue weighted by molar-refractivity contribution is 5.70. The lowest BCUT2D eigenvalue weighted by Crippen LogP contribution is -2.37. The molecule has 0 bridgehead atoms. The zero-order valence-corrected chi connectivity index (χ0v) is 12.3. The zero-order chi connectivity index (χ0) is 13.7. The number of esters is 1. The van der Waals surface area contributed by atoms with E-state index in [4.69, 9.17) is 10.5 Å². The minimum Gasteiger partial charge on any atom is -0.462 e.